The number of benzene rings is 2. The highest BCUT2D eigenvalue weighted by Gasteiger charge is 2.15. The Morgan fingerprint density at radius 1 is 1.00 bits per heavy atom. The molecule has 2 aromatic carbocycles. The van der Waals surface area contributed by atoms with Crippen LogP contribution in [0.25, 0.3) is 0 Å². The molecule has 1 aromatic heterocycles. The van der Waals surface area contributed by atoms with Crippen LogP contribution in [0.3, 0.4) is 0 Å². The zero-order valence-corrected chi connectivity index (χ0v) is 15.9. The van der Waals surface area contributed by atoms with Crippen molar-refractivity contribution >= 4 is 23.4 Å². The molecule has 0 saturated heterocycles. The standard InChI is InChI=1S/C21H22N4OS/c26-20(22-18-7-3-1-4-8-18)17-12-10-16(11-13-17)15-27-21-24-23-19-9-5-2-6-14-25(19)21/h1,3-4,7-8,10-13H,2,5-6,9,14-15H2,(H,22,26). The van der Waals surface area contributed by atoms with Gasteiger partial charge in [-0.2, -0.15) is 0 Å². The second-order valence-corrected chi connectivity index (χ2v) is 7.61. The number of nitrogens with zero attached hydrogens (tertiary/aromatic N) is 3. The van der Waals surface area contributed by atoms with E-state index in [1.807, 2.05) is 54.6 Å². The molecule has 2 heterocycles. The molecule has 0 fully saturated rings. The first kappa shape index (κ1) is 17.8. The predicted octanol–water partition coefficient (Wildman–Crippen LogP) is 4.55. The molecule has 0 atom stereocenters. The molecule has 0 aliphatic carbocycles. The van der Waals surface area contributed by atoms with E-state index in [4.69, 9.17) is 0 Å². The van der Waals surface area contributed by atoms with E-state index in [0.29, 0.717) is 5.56 Å². The van der Waals surface area contributed by atoms with Crippen molar-refractivity contribution in [3.8, 4) is 0 Å². The van der Waals surface area contributed by atoms with E-state index in [1.165, 1.54) is 24.8 Å². The molecule has 27 heavy (non-hydrogen) atoms. The van der Waals surface area contributed by atoms with Gasteiger partial charge in [0.05, 0.1) is 0 Å². The van der Waals surface area contributed by atoms with Crippen molar-refractivity contribution < 1.29 is 4.79 Å². The van der Waals surface area contributed by atoms with E-state index in [1.54, 1.807) is 11.8 Å². The fourth-order valence-electron chi connectivity index (χ4n) is 3.19. The smallest absolute Gasteiger partial charge is 0.255 e. The Morgan fingerprint density at radius 3 is 2.63 bits per heavy atom. The highest BCUT2D eigenvalue weighted by molar-refractivity contribution is 7.98. The molecule has 1 aliphatic heterocycles. The summed E-state index contributed by atoms with van der Waals surface area (Å²) < 4.78 is 2.26. The number of carbonyl (C=O) groups excluding carboxylic acids is 1. The van der Waals surface area contributed by atoms with E-state index in [-0.39, 0.29) is 5.91 Å². The van der Waals surface area contributed by atoms with Gasteiger partial charge in [-0.1, -0.05) is 48.5 Å². The van der Waals surface area contributed by atoms with Crippen LogP contribution in [0.4, 0.5) is 5.69 Å². The molecule has 3 aromatic rings. The maximum Gasteiger partial charge on any atom is 0.255 e. The fourth-order valence-corrected chi connectivity index (χ4v) is 4.13. The van der Waals surface area contributed by atoms with Crippen LogP contribution in [0.5, 0.6) is 0 Å². The average molecular weight is 379 g/mol. The normalized spacial score (nSPS) is 13.6. The first-order valence-electron chi connectivity index (χ1n) is 9.30. The first-order valence-corrected chi connectivity index (χ1v) is 10.3. The molecule has 0 spiro atoms. The molecule has 1 amide bonds. The topological polar surface area (TPSA) is 59.8 Å². The van der Waals surface area contributed by atoms with E-state index >= 15 is 0 Å². The number of para-hydroxylation sites is 1. The van der Waals surface area contributed by atoms with E-state index < -0.39 is 0 Å². The second-order valence-electron chi connectivity index (χ2n) is 6.67. The van der Waals surface area contributed by atoms with Gasteiger partial charge in [-0.05, 0) is 42.7 Å². The van der Waals surface area contributed by atoms with Crippen LogP contribution < -0.4 is 5.32 Å². The number of amides is 1. The summed E-state index contributed by atoms with van der Waals surface area (Å²) in [5, 5.41) is 12.6. The van der Waals surface area contributed by atoms with E-state index in [0.717, 1.165) is 35.4 Å². The number of hydrogen-bond donors (Lipinski definition) is 1. The Morgan fingerprint density at radius 2 is 1.81 bits per heavy atom. The second kappa shape index (κ2) is 8.39. The van der Waals surface area contributed by atoms with Crippen molar-refractivity contribution in [1.29, 1.82) is 0 Å². The molecule has 6 heteroatoms. The summed E-state index contributed by atoms with van der Waals surface area (Å²) in [6.45, 7) is 1.02. The minimum absolute atomic E-state index is 0.0943. The number of fused-ring (bicyclic) bond motifs is 1. The number of nitrogens with one attached hydrogen (secondary N) is 1. The molecule has 5 nitrogen and oxygen atoms in total. The van der Waals surface area contributed by atoms with Crippen molar-refractivity contribution in [2.45, 2.75) is 43.1 Å². The lowest BCUT2D eigenvalue weighted by molar-refractivity contribution is 0.102. The van der Waals surface area contributed by atoms with Crippen LogP contribution >= 0.6 is 11.8 Å². The maximum atomic E-state index is 12.3. The van der Waals surface area contributed by atoms with Gasteiger partial charge in [0.15, 0.2) is 5.16 Å². The average Bonchev–Trinajstić information content (AvgIpc) is 2.93. The third kappa shape index (κ3) is 4.39. The van der Waals surface area contributed by atoms with Crippen LogP contribution in [0, 0.1) is 0 Å². The zero-order valence-electron chi connectivity index (χ0n) is 15.1. The van der Waals surface area contributed by atoms with Crippen LogP contribution in [0.15, 0.2) is 59.8 Å². The Hall–Kier alpha value is -2.60. The van der Waals surface area contributed by atoms with Gasteiger partial charge in [0, 0.05) is 30.0 Å². The molecule has 0 saturated carbocycles. The molecule has 1 N–H and O–H groups in total. The lowest BCUT2D eigenvalue weighted by Gasteiger charge is -2.07. The first-order chi connectivity index (χ1) is 13.3. The number of hydrogen-bond acceptors (Lipinski definition) is 4. The summed E-state index contributed by atoms with van der Waals surface area (Å²) >= 11 is 1.71. The van der Waals surface area contributed by atoms with Gasteiger partial charge in [0.1, 0.15) is 5.82 Å². The number of aromatic nitrogens is 3. The van der Waals surface area contributed by atoms with Gasteiger partial charge in [-0.25, -0.2) is 0 Å². The summed E-state index contributed by atoms with van der Waals surface area (Å²) in [7, 11) is 0. The lowest BCUT2D eigenvalue weighted by Crippen LogP contribution is -2.11. The van der Waals surface area contributed by atoms with E-state index in [2.05, 4.69) is 20.1 Å². The van der Waals surface area contributed by atoms with Crippen LogP contribution in [-0.2, 0) is 18.7 Å². The monoisotopic (exact) mass is 378 g/mol. The summed E-state index contributed by atoms with van der Waals surface area (Å²) in [5.74, 6) is 1.84. The molecular formula is C21H22N4OS. The lowest BCUT2D eigenvalue weighted by atomic mass is 10.1. The molecule has 1 aliphatic rings. The van der Waals surface area contributed by atoms with Crippen molar-refractivity contribution in [2.75, 3.05) is 5.32 Å². The van der Waals surface area contributed by atoms with E-state index in [9.17, 15) is 4.79 Å². The third-order valence-electron chi connectivity index (χ3n) is 4.69. The highest BCUT2D eigenvalue weighted by Crippen LogP contribution is 2.25. The Labute approximate surface area is 163 Å². The number of aryl methyl sites for hydroxylation is 1. The Kier molecular flexibility index (Phi) is 5.53. The van der Waals surface area contributed by atoms with Crippen LogP contribution in [-0.4, -0.2) is 20.7 Å². The Bertz CT molecular complexity index is 906. The minimum atomic E-state index is -0.0943. The number of rotatable bonds is 5. The van der Waals surface area contributed by atoms with Gasteiger partial charge in [-0.15, -0.1) is 10.2 Å². The highest BCUT2D eigenvalue weighted by atomic mass is 32.2. The number of thioether (sulfide) groups is 1. The van der Waals surface area contributed by atoms with Gasteiger partial charge < -0.3 is 9.88 Å². The van der Waals surface area contributed by atoms with Crippen LogP contribution in [0.1, 0.15) is 41.0 Å². The summed E-state index contributed by atoms with van der Waals surface area (Å²) in [6, 6.07) is 17.3. The van der Waals surface area contributed by atoms with Crippen LogP contribution in [0.2, 0.25) is 0 Å². The summed E-state index contributed by atoms with van der Waals surface area (Å²) in [6.07, 6.45) is 4.69. The third-order valence-corrected chi connectivity index (χ3v) is 5.73. The van der Waals surface area contributed by atoms with Crippen molar-refractivity contribution in [1.82, 2.24) is 14.8 Å². The molecule has 0 unspecified atom stereocenters. The maximum absolute atomic E-state index is 12.3. The quantitative estimate of drug-likeness (QED) is 0.662. The van der Waals surface area contributed by atoms with Crippen molar-refractivity contribution in [3.63, 3.8) is 0 Å². The number of carbonyl (C=O) groups is 1. The molecule has 138 valence electrons. The predicted molar refractivity (Wildman–Crippen MR) is 108 cm³/mol. The summed E-state index contributed by atoms with van der Waals surface area (Å²) in [4.78, 5) is 12.3. The largest absolute Gasteiger partial charge is 0.322 e. The van der Waals surface area contributed by atoms with Gasteiger partial charge in [0.2, 0.25) is 0 Å². The zero-order chi connectivity index (χ0) is 18.5. The summed E-state index contributed by atoms with van der Waals surface area (Å²) in [5.41, 5.74) is 2.63. The van der Waals surface area contributed by atoms with Gasteiger partial charge >= 0.3 is 0 Å². The van der Waals surface area contributed by atoms with Crippen molar-refractivity contribution in [2.24, 2.45) is 0 Å². The molecule has 4 rings (SSSR count). The Balaban J connectivity index is 1.37. The fraction of sp³-hybridized carbons (Fsp3) is 0.286. The minimum Gasteiger partial charge on any atom is -0.322 e. The van der Waals surface area contributed by atoms with Gasteiger partial charge in [0.25, 0.3) is 5.91 Å². The molecule has 0 bridgehead atoms. The SMILES string of the molecule is O=C(Nc1ccccc1)c1ccc(CSc2nnc3n2CCCCC3)cc1. The van der Waals surface area contributed by atoms with Gasteiger partial charge in [-0.3, -0.25) is 4.79 Å². The molecule has 0 radical (unpaired) electrons. The molecular weight excluding hydrogens is 356 g/mol. The number of anilines is 1. The van der Waals surface area contributed by atoms with Crippen molar-refractivity contribution in [3.05, 3.63) is 71.5 Å².